The fourth-order valence-corrected chi connectivity index (χ4v) is 8.20. The topological polar surface area (TPSA) is 95.9 Å². The normalized spacial score (nSPS) is 13.5. The van der Waals surface area contributed by atoms with Crippen molar-refractivity contribution in [2.45, 2.75) is 296 Å². The third kappa shape index (κ3) is 46.2. The lowest BCUT2D eigenvalue weighted by Crippen LogP contribution is -2.46. The molecule has 0 aromatic carbocycles. The van der Waals surface area contributed by atoms with Crippen LogP contribution in [0.2, 0.25) is 0 Å². The standard InChI is InChI=1S/C57H105NO5/c1-4-7-10-13-16-19-21-23-25-27-28-30-32-34-36-38-41-44-47-50-57(62)63-53(48-45-42-39-18-15-12-9-6-3)51-56(61)58-54(52-59)55(60)49-46-43-40-37-35-33-31-29-26-24-22-20-17-14-11-8-5-2/h12,15-16,19,23,25,28,30,53-55,59-60H,4-11,13-14,17-18,20-22,24,26-27,29,31-52H2,1-3H3,(H,58,61)/b15-12-,19-16-,25-23-,30-28-. The molecule has 0 spiro atoms. The van der Waals surface area contributed by atoms with Crippen molar-refractivity contribution in [3.63, 3.8) is 0 Å². The van der Waals surface area contributed by atoms with E-state index in [9.17, 15) is 19.8 Å². The summed E-state index contributed by atoms with van der Waals surface area (Å²) in [7, 11) is 0. The fourth-order valence-electron chi connectivity index (χ4n) is 8.20. The third-order valence-electron chi connectivity index (χ3n) is 12.4. The van der Waals surface area contributed by atoms with E-state index < -0.39 is 18.2 Å². The summed E-state index contributed by atoms with van der Waals surface area (Å²) < 4.78 is 5.91. The van der Waals surface area contributed by atoms with E-state index in [2.05, 4.69) is 74.7 Å². The highest BCUT2D eigenvalue weighted by molar-refractivity contribution is 5.77. The number of carbonyl (C=O) groups is 2. The Hall–Kier alpha value is -2.18. The van der Waals surface area contributed by atoms with E-state index in [1.54, 1.807) is 0 Å². The van der Waals surface area contributed by atoms with Crippen LogP contribution < -0.4 is 5.32 Å². The molecule has 0 radical (unpaired) electrons. The van der Waals surface area contributed by atoms with Crippen molar-refractivity contribution in [2.24, 2.45) is 0 Å². The molecule has 3 atom stereocenters. The predicted octanol–water partition coefficient (Wildman–Crippen LogP) is 16.6. The van der Waals surface area contributed by atoms with Gasteiger partial charge < -0.3 is 20.3 Å². The third-order valence-corrected chi connectivity index (χ3v) is 12.4. The van der Waals surface area contributed by atoms with Crippen molar-refractivity contribution >= 4 is 11.9 Å². The van der Waals surface area contributed by atoms with Crippen LogP contribution >= 0.6 is 0 Å². The number of esters is 1. The Morgan fingerprint density at radius 2 is 0.841 bits per heavy atom. The molecule has 0 heterocycles. The van der Waals surface area contributed by atoms with Gasteiger partial charge in [-0.1, -0.05) is 230 Å². The average molecular weight is 884 g/mol. The minimum atomic E-state index is -0.793. The first-order chi connectivity index (χ1) is 31.0. The second-order valence-corrected chi connectivity index (χ2v) is 18.6. The summed E-state index contributed by atoms with van der Waals surface area (Å²) in [4.78, 5) is 26.1. The number of hydrogen-bond acceptors (Lipinski definition) is 5. The van der Waals surface area contributed by atoms with Gasteiger partial charge in [0.05, 0.1) is 25.2 Å². The van der Waals surface area contributed by atoms with Crippen molar-refractivity contribution in [3.8, 4) is 0 Å². The molecule has 0 aliphatic rings. The molecule has 0 saturated carbocycles. The number of ether oxygens (including phenoxy) is 1. The smallest absolute Gasteiger partial charge is 0.306 e. The molecule has 3 unspecified atom stereocenters. The highest BCUT2D eigenvalue weighted by Gasteiger charge is 2.24. The second kappa shape index (κ2) is 50.8. The number of rotatable bonds is 49. The first-order valence-electron chi connectivity index (χ1n) is 27.4. The number of aliphatic hydroxyl groups is 2. The maximum Gasteiger partial charge on any atom is 0.306 e. The van der Waals surface area contributed by atoms with Gasteiger partial charge in [0, 0.05) is 6.42 Å². The lowest BCUT2D eigenvalue weighted by Gasteiger charge is -2.24. The molecule has 0 aliphatic carbocycles. The lowest BCUT2D eigenvalue weighted by atomic mass is 10.0. The Kier molecular flexibility index (Phi) is 49.1. The summed E-state index contributed by atoms with van der Waals surface area (Å²) in [5.41, 5.74) is 0. The summed E-state index contributed by atoms with van der Waals surface area (Å²) >= 11 is 0. The van der Waals surface area contributed by atoms with Crippen LogP contribution in [0.25, 0.3) is 0 Å². The number of amides is 1. The van der Waals surface area contributed by atoms with Crippen LogP contribution in [0, 0.1) is 0 Å². The average Bonchev–Trinajstić information content (AvgIpc) is 3.28. The molecule has 0 aliphatic heterocycles. The van der Waals surface area contributed by atoms with Gasteiger partial charge in [-0.3, -0.25) is 9.59 Å². The molecular weight excluding hydrogens is 779 g/mol. The van der Waals surface area contributed by atoms with Gasteiger partial charge in [0.1, 0.15) is 6.10 Å². The molecule has 0 rings (SSSR count). The summed E-state index contributed by atoms with van der Waals surface area (Å²) in [5, 5.41) is 23.8. The lowest BCUT2D eigenvalue weighted by molar-refractivity contribution is -0.151. The van der Waals surface area contributed by atoms with Crippen LogP contribution in [0.4, 0.5) is 0 Å². The monoisotopic (exact) mass is 884 g/mol. The molecule has 63 heavy (non-hydrogen) atoms. The van der Waals surface area contributed by atoms with Crippen molar-refractivity contribution in [1.29, 1.82) is 0 Å². The van der Waals surface area contributed by atoms with Crippen LogP contribution in [-0.2, 0) is 14.3 Å². The predicted molar refractivity (Wildman–Crippen MR) is 273 cm³/mol. The van der Waals surface area contributed by atoms with E-state index >= 15 is 0 Å². The van der Waals surface area contributed by atoms with Crippen molar-refractivity contribution in [3.05, 3.63) is 48.6 Å². The number of allylic oxidation sites excluding steroid dienone is 8. The summed E-state index contributed by atoms with van der Waals surface area (Å²) in [6, 6.07) is -0.708. The van der Waals surface area contributed by atoms with E-state index in [0.717, 1.165) is 96.3 Å². The van der Waals surface area contributed by atoms with Gasteiger partial charge in [-0.2, -0.15) is 0 Å². The summed E-state index contributed by atoms with van der Waals surface area (Å²) in [6.45, 7) is 6.40. The Morgan fingerprint density at radius 3 is 1.35 bits per heavy atom. The van der Waals surface area contributed by atoms with Crippen LogP contribution in [0.5, 0.6) is 0 Å². The molecule has 368 valence electrons. The zero-order valence-electron chi connectivity index (χ0n) is 42.0. The van der Waals surface area contributed by atoms with Crippen molar-refractivity contribution in [2.75, 3.05) is 6.61 Å². The first-order valence-corrected chi connectivity index (χ1v) is 27.4. The molecule has 1 amide bonds. The van der Waals surface area contributed by atoms with E-state index in [-0.39, 0.29) is 24.9 Å². The van der Waals surface area contributed by atoms with Gasteiger partial charge >= 0.3 is 5.97 Å². The molecule has 0 fully saturated rings. The summed E-state index contributed by atoms with van der Waals surface area (Å²) in [6.07, 6.45) is 61.9. The van der Waals surface area contributed by atoms with Crippen LogP contribution in [0.3, 0.4) is 0 Å². The molecule has 3 N–H and O–H groups in total. The van der Waals surface area contributed by atoms with Gasteiger partial charge in [0.15, 0.2) is 0 Å². The quantitative estimate of drug-likeness (QED) is 0.0321. The minimum Gasteiger partial charge on any atom is -0.462 e. The number of aliphatic hydroxyl groups excluding tert-OH is 2. The molecule has 0 bridgehead atoms. The highest BCUT2D eigenvalue weighted by Crippen LogP contribution is 2.18. The molecule has 6 nitrogen and oxygen atoms in total. The zero-order chi connectivity index (χ0) is 45.9. The molecule has 0 saturated heterocycles. The van der Waals surface area contributed by atoms with Crippen LogP contribution in [0.15, 0.2) is 48.6 Å². The van der Waals surface area contributed by atoms with Gasteiger partial charge in [-0.15, -0.1) is 0 Å². The fraction of sp³-hybridized carbons (Fsp3) is 0.825. The number of unbranched alkanes of at least 4 members (excludes halogenated alkanes) is 29. The van der Waals surface area contributed by atoms with Crippen molar-refractivity contribution < 1.29 is 24.5 Å². The largest absolute Gasteiger partial charge is 0.462 e. The van der Waals surface area contributed by atoms with Gasteiger partial charge in [0.25, 0.3) is 0 Å². The second-order valence-electron chi connectivity index (χ2n) is 18.6. The van der Waals surface area contributed by atoms with Gasteiger partial charge in [-0.25, -0.2) is 0 Å². The molecule has 0 aromatic rings. The van der Waals surface area contributed by atoms with Crippen LogP contribution in [0.1, 0.15) is 278 Å². The van der Waals surface area contributed by atoms with Crippen molar-refractivity contribution in [1.82, 2.24) is 5.32 Å². The number of carbonyl (C=O) groups excluding carboxylic acids is 2. The van der Waals surface area contributed by atoms with E-state index in [0.29, 0.717) is 19.3 Å². The maximum absolute atomic E-state index is 13.2. The first kappa shape index (κ1) is 60.8. The number of nitrogens with one attached hydrogen (secondary N) is 1. The number of hydrogen-bond donors (Lipinski definition) is 3. The SMILES string of the molecule is CCC/C=C\CCCCCC(CC(=O)NC(CO)C(O)CCCCCCCCCCCCCCCCCCC)OC(=O)CCCCCCCC/C=C\C/C=C\C/C=C\CCCCC. The molecule has 0 aromatic heterocycles. The van der Waals surface area contributed by atoms with Gasteiger partial charge in [-0.05, 0) is 83.5 Å². The minimum absolute atomic E-state index is 0.0613. The maximum atomic E-state index is 13.2. The highest BCUT2D eigenvalue weighted by atomic mass is 16.5. The Balaban J connectivity index is 4.37. The van der Waals surface area contributed by atoms with E-state index in [1.807, 2.05) is 0 Å². The van der Waals surface area contributed by atoms with E-state index in [4.69, 9.17) is 4.74 Å². The Labute approximate surface area is 391 Å². The van der Waals surface area contributed by atoms with Gasteiger partial charge in [0.2, 0.25) is 5.91 Å². The Bertz CT molecular complexity index is 1080. The Morgan fingerprint density at radius 1 is 0.460 bits per heavy atom. The van der Waals surface area contributed by atoms with E-state index in [1.165, 1.54) is 135 Å². The molecule has 6 heteroatoms. The summed E-state index contributed by atoms with van der Waals surface area (Å²) in [5.74, 6) is -0.502. The zero-order valence-corrected chi connectivity index (χ0v) is 42.0. The van der Waals surface area contributed by atoms with Crippen LogP contribution in [-0.4, -0.2) is 46.9 Å². The molecular formula is C57H105NO5.